The molecule has 3 aromatic rings. The Morgan fingerprint density at radius 2 is 2.00 bits per heavy atom. The summed E-state index contributed by atoms with van der Waals surface area (Å²) in [6, 6.07) is 12.9. The number of aryl methyl sites for hydroxylation is 1. The lowest BCUT2D eigenvalue weighted by atomic mass is 10.2. The molecule has 0 radical (unpaired) electrons. The van der Waals surface area contributed by atoms with Crippen molar-refractivity contribution in [2.45, 2.75) is 6.61 Å². The molecule has 0 unspecified atom stereocenters. The van der Waals surface area contributed by atoms with Crippen molar-refractivity contribution in [1.29, 1.82) is 0 Å². The fraction of sp³-hybridized carbons (Fsp3) is 0.133. The Bertz CT molecular complexity index is 765. The number of nitrogens with two attached hydrogens (primary N) is 1. The van der Waals surface area contributed by atoms with E-state index in [9.17, 15) is 5.11 Å². The van der Waals surface area contributed by atoms with Crippen molar-refractivity contribution < 1.29 is 9.84 Å². The minimum Gasteiger partial charge on any atom is -0.506 e. The molecule has 102 valence electrons. The largest absolute Gasteiger partial charge is 0.506 e. The van der Waals surface area contributed by atoms with Gasteiger partial charge in [0.25, 0.3) is 0 Å². The molecule has 0 saturated heterocycles. The zero-order valence-electron chi connectivity index (χ0n) is 11.1. The van der Waals surface area contributed by atoms with E-state index < -0.39 is 0 Å². The third-order valence-electron chi connectivity index (χ3n) is 3.24. The number of nitrogen functional groups attached to an aromatic ring is 1. The van der Waals surface area contributed by atoms with Gasteiger partial charge in [0.1, 0.15) is 29.5 Å². The zero-order valence-corrected chi connectivity index (χ0v) is 11.1. The van der Waals surface area contributed by atoms with Gasteiger partial charge in [-0.2, -0.15) is 5.10 Å². The van der Waals surface area contributed by atoms with Crippen LogP contribution in [0.1, 0.15) is 5.69 Å². The molecule has 3 rings (SSSR count). The maximum Gasteiger partial charge on any atom is 0.146 e. The first-order chi connectivity index (χ1) is 9.66. The van der Waals surface area contributed by atoms with Crippen LogP contribution in [0.15, 0.2) is 42.5 Å². The van der Waals surface area contributed by atoms with Crippen LogP contribution < -0.4 is 10.5 Å². The molecule has 2 aromatic carbocycles. The van der Waals surface area contributed by atoms with Crippen LogP contribution in [0.4, 0.5) is 5.69 Å². The van der Waals surface area contributed by atoms with Gasteiger partial charge in [-0.25, -0.2) is 0 Å². The molecule has 0 fully saturated rings. The Hall–Kier alpha value is -2.69. The van der Waals surface area contributed by atoms with Crippen LogP contribution >= 0.6 is 0 Å². The number of benzene rings is 2. The predicted molar refractivity (Wildman–Crippen MR) is 77.6 cm³/mol. The van der Waals surface area contributed by atoms with Gasteiger partial charge in [0.15, 0.2) is 0 Å². The predicted octanol–water partition coefficient (Wildman–Crippen LogP) is 2.44. The van der Waals surface area contributed by atoms with Crippen LogP contribution in [0.5, 0.6) is 11.5 Å². The summed E-state index contributed by atoms with van der Waals surface area (Å²) in [5, 5.41) is 15.0. The molecule has 0 amide bonds. The van der Waals surface area contributed by atoms with Gasteiger partial charge in [-0.1, -0.05) is 24.3 Å². The highest BCUT2D eigenvalue weighted by Crippen LogP contribution is 2.31. The molecule has 1 aromatic heterocycles. The molecule has 0 bridgehead atoms. The maximum atomic E-state index is 9.55. The summed E-state index contributed by atoms with van der Waals surface area (Å²) in [7, 11) is 1.90. The Kier molecular flexibility index (Phi) is 2.95. The Balaban J connectivity index is 1.89. The Morgan fingerprint density at radius 1 is 1.20 bits per heavy atom. The molecule has 0 atom stereocenters. The maximum absolute atomic E-state index is 9.55. The zero-order chi connectivity index (χ0) is 14.1. The highest BCUT2D eigenvalue weighted by Gasteiger charge is 2.10. The van der Waals surface area contributed by atoms with Crippen molar-refractivity contribution in [2.75, 3.05) is 5.73 Å². The third-order valence-corrected chi connectivity index (χ3v) is 3.24. The highest BCUT2D eigenvalue weighted by molar-refractivity contribution is 5.81. The van der Waals surface area contributed by atoms with E-state index in [1.165, 1.54) is 6.07 Å². The molecule has 0 spiro atoms. The number of phenolic OH excluding ortho intramolecular Hbond substituents is 1. The summed E-state index contributed by atoms with van der Waals surface area (Å²) in [4.78, 5) is 0. The van der Waals surface area contributed by atoms with Crippen LogP contribution in [0.25, 0.3) is 10.9 Å². The second kappa shape index (κ2) is 4.77. The van der Waals surface area contributed by atoms with E-state index in [0.717, 1.165) is 16.6 Å². The molecule has 1 heterocycles. The second-order valence-corrected chi connectivity index (χ2v) is 4.57. The topological polar surface area (TPSA) is 73.3 Å². The van der Waals surface area contributed by atoms with Gasteiger partial charge in [0.05, 0.1) is 5.52 Å². The standard InChI is InChI=1S/C15H15N3O2/c1-18-12-6-3-2-5-10(12)11(17-18)9-20-14-8-4-7-13(19)15(14)16/h2-8,19H,9,16H2,1H3. The molecular formula is C15H15N3O2. The number of nitrogens with zero attached hydrogens (tertiary/aromatic N) is 2. The molecule has 0 saturated carbocycles. The van der Waals surface area contributed by atoms with Crippen molar-refractivity contribution >= 4 is 16.6 Å². The minimum atomic E-state index is 0.0216. The van der Waals surface area contributed by atoms with Gasteiger partial charge in [-0.3, -0.25) is 4.68 Å². The van der Waals surface area contributed by atoms with E-state index in [1.54, 1.807) is 12.1 Å². The van der Waals surface area contributed by atoms with E-state index in [4.69, 9.17) is 10.5 Å². The van der Waals surface area contributed by atoms with Crippen LogP contribution in [0.2, 0.25) is 0 Å². The number of rotatable bonds is 3. The monoisotopic (exact) mass is 269 g/mol. The van der Waals surface area contributed by atoms with Crippen LogP contribution in [-0.4, -0.2) is 14.9 Å². The van der Waals surface area contributed by atoms with Gasteiger partial charge in [0.2, 0.25) is 0 Å². The molecular weight excluding hydrogens is 254 g/mol. The van der Waals surface area contributed by atoms with Crippen molar-refractivity contribution in [1.82, 2.24) is 9.78 Å². The molecule has 5 nitrogen and oxygen atoms in total. The number of fused-ring (bicyclic) bond motifs is 1. The molecule has 0 aliphatic heterocycles. The smallest absolute Gasteiger partial charge is 0.146 e. The van der Waals surface area contributed by atoms with E-state index in [-0.39, 0.29) is 11.4 Å². The van der Waals surface area contributed by atoms with Gasteiger partial charge in [0, 0.05) is 12.4 Å². The summed E-state index contributed by atoms with van der Waals surface area (Å²) >= 11 is 0. The number of anilines is 1. The lowest BCUT2D eigenvalue weighted by Crippen LogP contribution is -2.00. The molecule has 20 heavy (non-hydrogen) atoms. The average Bonchev–Trinajstić information content (AvgIpc) is 2.78. The fourth-order valence-corrected chi connectivity index (χ4v) is 2.20. The number of aromatic hydroxyl groups is 1. The number of aromatic nitrogens is 2. The van der Waals surface area contributed by atoms with Crippen LogP contribution in [0, 0.1) is 0 Å². The van der Waals surface area contributed by atoms with Crippen molar-refractivity contribution in [3.05, 3.63) is 48.2 Å². The lowest BCUT2D eigenvalue weighted by Gasteiger charge is -2.08. The first-order valence-corrected chi connectivity index (χ1v) is 6.27. The number of para-hydroxylation sites is 2. The van der Waals surface area contributed by atoms with Gasteiger partial charge in [-0.15, -0.1) is 0 Å². The summed E-state index contributed by atoms with van der Waals surface area (Å²) < 4.78 is 7.48. The van der Waals surface area contributed by atoms with E-state index in [2.05, 4.69) is 5.10 Å². The van der Waals surface area contributed by atoms with Gasteiger partial charge >= 0.3 is 0 Å². The summed E-state index contributed by atoms with van der Waals surface area (Å²) in [6.45, 7) is 0.301. The molecule has 0 aliphatic carbocycles. The number of hydrogen-bond acceptors (Lipinski definition) is 4. The number of hydrogen-bond donors (Lipinski definition) is 2. The molecule has 3 N–H and O–H groups in total. The Morgan fingerprint density at radius 3 is 2.85 bits per heavy atom. The van der Waals surface area contributed by atoms with E-state index >= 15 is 0 Å². The fourth-order valence-electron chi connectivity index (χ4n) is 2.20. The summed E-state index contributed by atoms with van der Waals surface area (Å²) in [5.74, 6) is 0.480. The first-order valence-electron chi connectivity index (χ1n) is 6.27. The van der Waals surface area contributed by atoms with Crippen molar-refractivity contribution in [3.8, 4) is 11.5 Å². The van der Waals surface area contributed by atoms with E-state index in [0.29, 0.717) is 12.4 Å². The van der Waals surface area contributed by atoms with Crippen molar-refractivity contribution in [2.24, 2.45) is 7.05 Å². The van der Waals surface area contributed by atoms with Gasteiger partial charge in [-0.05, 0) is 18.2 Å². The SMILES string of the molecule is Cn1nc(COc2cccc(O)c2N)c2ccccc21. The lowest BCUT2D eigenvalue weighted by molar-refractivity contribution is 0.301. The number of phenols is 1. The molecule has 0 aliphatic rings. The second-order valence-electron chi connectivity index (χ2n) is 4.57. The summed E-state index contributed by atoms with van der Waals surface area (Å²) in [6.07, 6.45) is 0. The van der Waals surface area contributed by atoms with Crippen molar-refractivity contribution in [3.63, 3.8) is 0 Å². The third kappa shape index (κ3) is 2.03. The van der Waals surface area contributed by atoms with E-state index in [1.807, 2.05) is 36.0 Å². The van der Waals surface area contributed by atoms with Gasteiger partial charge < -0.3 is 15.6 Å². The molecule has 5 heteroatoms. The number of ether oxygens (including phenoxy) is 1. The summed E-state index contributed by atoms with van der Waals surface area (Å²) in [5.41, 5.74) is 7.90. The van der Waals surface area contributed by atoms with Crippen LogP contribution in [0.3, 0.4) is 0 Å². The quantitative estimate of drug-likeness (QED) is 0.566. The van der Waals surface area contributed by atoms with Crippen LogP contribution in [-0.2, 0) is 13.7 Å². The average molecular weight is 269 g/mol. The normalized spacial score (nSPS) is 10.8. The Labute approximate surface area is 116 Å². The highest BCUT2D eigenvalue weighted by atomic mass is 16.5. The first kappa shape index (κ1) is 12.3. The minimum absolute atomic E-state index is 0.0216.